The third kappa shape index (κ3) is 31.3. The molecule has 0 saturated carbocycles. The van der Waals surface area contributed by atoms with E-state index in [2.05, 4.69) is 13.8 Å². The SMILES string of the molecule is CCCCCCCCCCOCCOCCOCCOCCCC(=O)OCCCCCCCCCC. The zero-order valence-electron chi connectivity index (χ0n) is 24.0. The molecule has 0 aliphatic carbocycles. The van der Waals surface area contributed by atoms with Crippen molar-refractivity contribution in [1.29, 1.82) is 0 Å². The molecule has 0 amide bonds. The Morgan fingerprint density at radius 2 is 0.722 bits per heavy atom. The lowest BCUT2D eigenvalue weighted by molar-refractivity contribution is -0.144. The van der Waals surface area contributed by atoms with Gasteiger partial charge in [-0.3, -0.25) is 4.79 Å². The second kappa shape index (κ2) is 32.3. The number of rotatable bonds is 31. The topological polar surface area (TPSA) is 63.2 Å². The maximum Gasteiger partial charge on any atom is 0.305 e. The van der Waals surface area contributed by atoms with Gasteiger partial charge < -0.3 is 23.7 Å². The van der Waals surface area contributed by atoms with Gasteiger partial charge in [0, 0.05) is 19.6 Å². The highest BCUT2D eigenvalue weighted by atomic mass is 16.6. The lowest BCUT2D eigenvalue weighted by Gasteiger charge is -2.08. The van der Waals surface area contributed by atoms with Gasteiger partial charge in [-0.2, -0.15) is 0 Å². The van der Waals surface area contributed by atoms with E-state index in [-0.39, 0.29) is 5.97 Å². The van der Waals surface area contributed by atoms with E-state index in [9.17, 15) is 4.79 Å². The fourth-order valence-corrected chi connectivity index (χ4v) is 3.91. The Morgan fingerprint density at radius 1 is 0.389 bits per heavy atom. The summed E-state index contributed by atoms with van der Waals surface area (Å²) in [7, 11) is 0. The number of esters is 1. The fourth-order valence-electron chi connectivity index (χ4n) is 3.91. The molecule has 36 heavy (non-hydrogen) atoms. The Hall–Kier alpha value is -0.690. The van der Waals surface area contributed by atoms with Crippen LogP contribution in [0.5, 0.6) is 0 Å². The third-order valence-electron chi connectivity index (χ3n) is 6.19. The summed E-state index contributed by atoms with van der Waals surface area (Å²) in [4.78, 5) is 11.7. The standard InChI is InChI=1S/C30H60O6/c1-3-5-7-9-11-13-15-17-21-32-24-26-34-28-29-35-27-25-33-22-19-20-30(31)36-23-18-16-14-12-10-8-6-4-2/h3-29H2,1-2H3. The summed E-state index contributed by atoms with van der Waals surface area (Å²) in [6, 6.07) is 0. The normalized spacial score (nSPS) is 11.3. The van der Waals surface area contributed by atoms with Crippen LogP contribution in [-0.4, -0.2) is 65.4 Å². The maximum absolute atomic E-state index is 11.7. The Balaban J connectivity index is 3.11. The first-order valence-electron chi connectivity index (χ1n) is 15.3. The first-order chi connectivity index (χ1) is 17.8. The van der Waals surface area contributed by atoms with E-state index in [4.69, 9.17) is 23.7 Å². The van der Waals surface area contributed by atoms with Crippen LogP contribution in [-0.2, 0) is 28.5 Å². The zero-order valence-corrected chi connectivity index (χ0v) is 24.0. The molecule has 0 unspecified atom stereocenters. The molecule has 0 aromatic rings. The second-order valence-electron chi connectivity index (χ2n) is 9.72. The van der Waals surface area contributed by atoms with Gasteiger partial charge in [-0.1, -0.05) is 104 Å². The van der Waals surface area contributed by atoms with E-state index in [0.29, 0.717) is 65.7 Å². The minimum Gasteiger partial charge on any atom is -0.466 e. The van der Waals surface area contributed by atoms with Crippen LogP contribution in [0.1, 0.15) is 129 Å². The van der Waals surface area contributed by atoms with Crippen LogP contribution < -0.4 is 0 Å². The maximum atomic E-state index is 11.7. The van der Waals surface area contributed by atoms with Gasteiger partial charge in [-0.25, -0.2) is 0 Å². The molecule has 0 aromatic heterocycles. The van der Waals surface area contributed by atoms with Crippen LogP contribution in [0.2, 0.25) is 0 Å². The Labute approximate surface area is 223 Å². The van der Waals surface area contributed by atoms with Crippen molar-refractivity contribution in [3.8, 4) is 0 Å². The molecule has 0 fully saturated rings. The highest BCUT2D eigenvalue weighted by Gasteiger charge is 2.02. The van der Waals surface area contributed by atoms with E-state index in [0.717, 1.165) is 25.9 Å². The average Bonchev–Trinajstić information content (AvgIpc) is 2.88. The highest BCUT2D eigenvalue weighted by molar-refractivity contribution is 5.69. The van der Waals surface area contributed by atoms with Gasteiger partial charge in [-0.15, -0.1) is 0 Å². The van der Waals surface area contributed by atoms with Crippen LogP contribution in [0.15, 0.2) is 0 Å². The number of carbonyl (C=O) groups excluding carboxylic acids is 1. The van der Waals surface area contributed by atoms with E-state index in [1.165, 1.54) is 83.5 Å². The Kier molecular flexibility index (Phi) is 31.7. The summed E-state index contributed by atoms with van der Waals surface area (Å²) in [5.41, 5.74) is 0. The lowest BCUT2D eigenvalue weighted by atomic mass is 10.1. The molecule has 0 atom stereocenters. The molecule has 6 nitrogen and oxygen atoms in total. The van der Waals surface area contributed by atoms with Crippen LogP contribution >= 0.6 is 0 Å². The second-order valence-corrected chi connectivity index (χ2v) is 9.72. The van der Waals surface area contributed by atoms with Gasteiger partial charge in [0.15, 0.2) is 0 Å². The molecule has 0 radical (unpaired) electrons. The molecular formula is C30H60O6. The van der Waals surface area contributed by atoms with Crippen LogP contribution in [0.3, 0.4) is 0 Å². The van der Waals surface area contributed by atoms with Crippen LogP contribution in [0, 0.1) is 0 Å². The van der Waals surface area contributed by atoms with Gasteiger partial charge in [0.25, 0.3) is 0 Å². The van der Waals surface area contributed by atoms with Crippen LogP contribution in [0.25, 0.3) is 0 Å². The van der Waals surface area contributed by atoms with Crippen molar-refractivity contribution in [2.75, 3.05) is 59.5 Å². The minimum atomic E-state index is -0.114. The summed E-state index contributed by atoms with van der Waals surface area (Å²) in [5, 5.41) is 0. The fraction of sp³-hybridized carbons (Fsp3) is 0.967. The molecule has 0 N–H and O–H groups in total. The number of hydrogen-bond acceptors (Lipinski definition) is 6. The summed E-state index contributed by atoms with van der Waals surface area (Å²) < 4.78 is 27.4. The minimum absolute atomic E-state index is 0.114. The molecule has 0 aromatic carbocycles. The largest absolute Gasteiger partial charge is 0.466 e. The summed E-state index contributed by atoms with van der Waals surface area (Å²) >= 11 is 0. The highest BCUT2D eigenvalue weighted by Crippen LogP contribution is 2.09. The zero-order chi connectivity index (χ0) is 26.2. The van der Waals surface area contributed by atoms with Gasteiger partial charge in [0.2, 0.25) is 0 Å². The number of hydrogen-bond donors (Lipinski definition) is 0. The molecule has 0 spiro atoms. The Morgan fingerprint density at radius 3 is 1.17 bits per heavy atom. The molecule has 6 heteroatoms. The van der Waals surface area contributed by atoms with Gasteiger partial charge in [0.1, 0.15) is 0 Å². The molecule has 0 heterocycles. The number of ether oxygens (including phenoxy) is 5. The molecule has 0 rings (SSSR count). The van der Waals surface area contributed by atoms with Crippen molar-refractivity contribution in [3.63, 3.8) is 0 Å². The van der Waals surface area contributed by atoms with Crippen molar-refractivity contribution in [1.82, 2.24) is 0 Å². The van der Waals surface area contributed by atoms with Crippen molar-refractivity contribution in [2.45, 2.75) is 129 Å². The van der Waals surface area contributed by atoms with Crippen LogP contribution in [0.4, 0.5) is 0 Å². The van der Waals surface area contributed by atoms with E-state index < -0.39 is 0 Å². The van der Waals surface area contributed by atoms with Gasteiger partial charge in [0.05, 0.1) is 46.2 Å². The first-order valence-corrected chi connectivity index (χ1v) is 15.3. The van der Waals surface area contributed by atoms with Gasteiger partial charge >= 0.3 is 5.97 Å². The lowest BCUT2D eigenvalue weighted by Crippen LogP contribution is -2.12. The van der Waals surface area contributed by atoms with E-state index in [1.54, 1.807) is 0 Å². The molecule has 0 bridgehead atoms. The van der Waals surface area contributed by atoms with E-state index >= 15 is 0 Å². The molecular weight excluding hydrogens is 456 g/mol. The van der Waals surface area contributed by atoms with Crippen molar-refractivity contribution in [3.05, 3.63) is 0 Å². The molecule has 0 aliphatic rings. The monoisotopic (exact) mass is 516 g/mol. The molecule has 0 saturated heterocycles. The smallest absolute Gasteiger partial charge is 0.305 e. The first kappa shape index (κ1) is 35.3. The van der Waals surface area contributed by atoms with Crippen molar-refractivity contribution in [2.24, 2.45) is 0 Å². The van der Waals surface area contributed by atoms with E-state index in [1.807, 2.05) is 0 Å². The summed E-state index contributed by atoms with van der Waals surface area (Å²) in [5.74, 6) is -0.114. The predicted molar refractivity (Wildman–Crippen MR) is 149 cm³/mol. The predicted octanol–water partition coefficient (Wildman–Crippen LogP) is 7.66. The third-order valence-corrected chi connectivity index (χ3v) is 6.19. The summed E-state index contributed by atoms with van der Waals surface area (Å²) in [6.07, 6.45) is 21.7. The number of carbonyl (C=O) groups is 1. The van der Waals surface area contributed by atoms with Crippen molar-refractivity contribution >= 4 is 5.97 Å². The molecule has 216 valence electrons. The molecule has 0 aliphatic heterocycles. The average molecular weight is 517 g/mol. The summed E-state index contributed by atoms with van der Waals surface area (Å²) in [6.45, 7) is 9.93. The Bertz CT molecular complexity index is 418. The quantitative estimate of drug-likeness (QED) is 0.0696. The van der Waals surface area contributed by atoms with Gasteiger partial charge in [-0.05, 0) is 19.3 Å². The number of unbranched alkanes of at least 4 members (excludes halogenated alkanes) is 14. The van der Waals surface area contributed by atoms with Crippen molar-refractivity contribution < 1.29 is 28.5 Å².